The van der Waals surface area contributed by atoms with Crippen molar-refractivity contribution in [2.75, 3.05) is 26.2 Å². The van der Waals surface area contributed by atoms with Crippen LogP contribution in [0.5, 0.6) is 0 Å². The van der Waals surface area contributed by atoms with Gasteiger partial charge in [0.15, 0.2) is 0 Å². The smallest absolute Gasteiger partial charge is 0.220 e. The van der Waals surface area contributed by atoms with E-state index in [1.54, 1.807) is 0 Å². The summed E-state index contributed by atoms with van der Waals surface area (Å²) in [7, 11) is 0. The van der Waals surface area contributed by atoms with Gasteiger partial charge in [-0.2, -0.15) is 0 Å². The Morgan fingerprint density at radius 3 is 2.52 bits per heavy atom. The number of hydrogen-bond donors (Lipinski definition) is 3. The fourth-order valence-corrected chi connectivity index (χ4v) is 3.78. The Hall–Kier alpha value is -0.850. The lowest BCUT2D eigenvalue weighted by Gasteiger charge is -2.30. The van der Waals surface area contributed by atoms with E-state index in [0.717, 1.165) is 52.0 Å². The molecule has 5 nitrogen and oxygen atoms in total. The number of hydrogen-bond acceptors (Lipinski definition) is 4. The second kappa shape index (κ2) is 12.6. The molecule has 1 aromatic rings. The van der Waals surface area contributed by atoms with Crippen LogP contribution in [0.15, 0.2) is 24.3 Å². The van der Waals surface area contributed by atoms with Crippen LogP contribution in [0.2, 0.25) is 0 Å². The molecule has 0 radical (unpaired) electrons. The summed E-state index contributed by atoms with van der Waals surface area (Å²) < 4.78 is 0. The van der Waals surface area contributed by atoms with Gasteiger partial charge < -0.3 is 15.7 Å². The lowest BCUT2D eigenvalue weighted by Crippen LogP contribution is -2.35. The predicted molar refractivity (Wildman–Crippen MR) is 114 cm³/mol. The minimum absolute atomic E-state index is 0. The zero-order valence-corrected chi connectivity index (χ0v) is 17.5. The van der Waals surface area contributed by atoms with Crippen LogP contribution < -0.4 is 10.6 Å². The Kier molecular flexibility index (Phi) is 11.3. The Labute approximate surface area is 175 Å². The van der Waals surface area contributed by atoms with Gasteiger partial charge in [-0.1, -0.05) is 24.3 Å². The van der Waals surface area contributed by atoms with Crippen molar-refractivity contribution >= 4 is 30.7 Å². The van der Waals surface area contributed by atoms with Crippen LogP contribution in [-0.4, -0.2) is 48.2 Å². The number of likely N-dealkylation sites (tertiary alicyclic amines) is 1. The first kappa shape index (κ1) is 24.2. The highest BCUT2D eigenvalue weighted by Crippen LogP contribution is 2.17. The molecule has 0 saturated carbocycles. The van der Waals surface area contributed by atoms with E-state index in [-0.39, 0.29) is 36.8 Å². The molecule has 1 unspecified atom stereocenters. The van der Waals surface area contributed by atoms with Crippen LogP contribution in [0, 0.1) is 5.92 Å². The van der Waals surface area contributed by atoms with Crippen LogP contribution in [0.4, 0.5) is 0 Å². The van der Waals surface area contributed by atoms with E-state index in [9.17, 15) is 9.90 Å². The number of piperidine rings is 1. The molecule has 3 N–H and O–H groups in total. The third kappa shape index (κ3) is 7.96. The lowest BCUT2D eigenvalue weighted by molar-refractivity contribution is -0.121. The van der Waals surface area contributed by atoms with Crippen molar-refractivity contribution < 1.29 is 9.90 Å². The molecular formula is C20H33Cl2N3O2. The summed E-state index contributed by atoms with van der Waals surface area (Å²) in [6.07, 6.45) is 4.38. The van der Waals surface area contributed by atoms with E-state index in [4.69, 9.17) is 0 Å². The molecule has 3 rings (SSSR count). The number of nitrogens with zero attached hydrogens (tertiary/aromatic N) is 1. The van der Waals surface area contributed by atoms with Gasteiger partial charge in [-0.3, -0.25) is 9.69 Å². The molecule has 2 aliphatic heterocycles. The summed E-state index contributed by atoms with van der Waals surface area (Å²) in [5, 5.41) is 16.1. The molecule has 2 saturated heterocycles. The van der Waals surface area contributed by atoms with Crippen LogP contribution >= 0.6 is 24.8 Å². The molecule has 7 heteroatoms. The maximum absolute atomic E-state index is 12.1. The highest BCUT2D eigenvalue weighted by atomic mass is 35.5. The molecule has 2 heterocycles. The van der Waals surface area contributed by atoms with E-state index in [0.29, 0.717) is 18.9 Å². The van der Waals surface area contributed by atoms with Crippen molar-refractivity contribution in [3.05, 3.63) is 35.4 Å². The van der Waals surface area contributed by atoms with Gasteiger partial charge in [0.25, 0.3) is 0 Å². The zero-order valence-electron chi connectivity index (χ0n) is 15.9. The van der Waals surface area contributed by atoms with Crippen LogP contribution in [0.25, 0.3) is 0 Å². The highest BCUT2D eigenvalue weighted by molar-refractivity contribution is 5.85. The Morgan fingerprint density at radius 2 is 1.85 bits per heavy atom. The molecule has 0 aliphatic carbocycles. The maximum atomic E-state index is 12.1. The third-order valence-corrected chi connectivity index (χ3v) is 5.49. The molecular weight excluding hydrogens is 385 g/mol. The second-order valence-corrected chi connectivity index (χ2v) is 7.45. The fourth-order valence-electron chi connectivity index (χ4n) is 3.78. The van der Waals surface area contributed by atoms with Gasteiger partial charge in [-0.05, 0) is 55.8 Å². The van der Waals surface area contributed by atoms with Gasteiger partial charge >= 0.3 is 0 Å². The van der Waals surface area contributed by atoms with E-state index in [2.05, 4.69) is 33.7 Å². The van der Waals surface area contributed by atoms with Gasteiger partial charge in [0, 0.05) is 32.6 Å². The second-order valence-electron chi connectivity index (χ2n) is 7.45. The van der Waals surface area contributed by atoms with Gasteiger partial charge in [-0.25, -0.2) is 0 Å². The highest BCUT2D eigenvalue weighted by Gasteiger charge is 2.18. The summed E-state index contributed by atoms with van der Waals surface area (Å²) >= 11 is 0. The molecule has 27 heavy (non-hydrogen) atoms. The number of aliphatic hydroxyl groups is 1. The fraction of sp³-hybridized carbons (Fsp3) is 0.650. The molecule has 0 aromatic heterocycles. The van der Waals surface area contributed by atoms with Crippen LogP contribution in [0.3, 0.4) is 0 Å². The van der Waals surface area contributed by atoms with E-state index < -0.39 is 0 Å². The number of nitrogens with one attached hydrogen (secondary N) is 2. The van der Waals surface area contributed by atoms with Gasteiger partial charge in [0.1, 0.15) is 0 Å². The Bertz CT molecular complexity index is 560. The standard InChI is InChI=1S/C20H31N3O2.2ClH/c24-19-8-11-23(12-9-19)15-18-4-2-1-3-17(18)14-22-20(25)6-5-16-7-10-21-13-16;;/h1-4,16,19,21,24H,5-15H2,(H,22,25);2*1H. The summed E-state index contributed by atoms with van der Waals surface area (Å²) in [4.78, 5) is 14.5. The number of halogens is 2. The minimum Gasteiger partial charge on any atom is -0.393 e. The normalized spacial score (nSPS) is 20.6. The average molecular weight is 418 g/mol. The average Bonchev–Trinajstić information content (AvgIpc) is 3.15. The van der Waals surface area contributed by atoms with Crippen molar-refractivity contribution in [2.24, 2.45) is 5.92 Å². The van der Waals surface area contributed by atoms with E-state index in [1.165, 1.54) is 17.5 Å². The first-order chi connectivity index (χ1) is 12.2. The molecule has 1 atom stereocenters. The zero-order chi connectivity index (χ0) is 17.5. The monoisotopic (exact) mass is 417 g/mol. The maximum Gasteiger partial charge on any atom is 0.220 e. The number of carbonyl (C=O) groups excluding carboxylic acids is 1. The van der Waals surface area contributed by atoms with Gasteiger partial charge in [0.05, 0.1) is 6.10 Å². The van der Waals surface area contributed by atoms with E-state index in [1.807, 2.05) is 6.07 Å². The molecule has 2 fully saturated rings. The van der Waals surface area contributed by atoms with Gasteiger partial charge in [0.2, 0.25) is 5.91 Å². The summed E-state index contributed by atoms with van der Waals surface area (Å²) in [6, 6.07) is 8.35. The van der Waals surface area contributed by atoms with Crippen LogP contribution in [-0.2, 0) is 17.9 Å². The predicted octanol–water partition coefficient (Wildman–Crippen LogP) is 2.49. The van der Waals surface area contributed by atoms with Crippen molar-refractivity contribution in [3.63, 3.8) is 0 Å². The molecule has 1 aromatic carbocycles. The summed E-state index contributed by atoms with van der Waals surface area (Å²) in [6.45, 7) is 5.53. The Balaban J connectivity index is 0.00000182. The SMILES string of the molecule is Cl.Cl.O=C(CCC1CCNC1)NCc1ccccc1CN1CCC(O)CC1. The quantitative estimate of drug-likeness (QED) is 0.637. The van der Waals surface area contributed by atoms with Crippen molar-refractivity contribution in [1.29, 1.82) is 0 Å². The number of aliphatic hydroxyl groups excluding tert-OH is 1. The summed E-state index contributed by atoms with van der Waals surface area (Å²) in [5.74, 6) is 0.815. The molecule has 154 valence electrons. The first-order valence-electron chi connectivity index (χ1n) is 9.65. The molecule has 0 spiro atoms. The van der Waals surface area contributed by atoms with Gasteiger partial charge in [-0.15, -0.1) is 24.8 Å². The molecule has 0 bridgehead atoms. The molecule has 2 aliphatic rings. The molecule has 1 amide bonds. The number of amides is 1. The largest absolute Gasteiger partial charge is 0.393 e. The number of benzene rings is 1. The minimum atomic E-state index is -0.138. The lowest BCUT2D eigenvalue weighted by atomic mass is 10.0. The topological polar surface area (TPSA) is 64.6 Å². The number of rotatable bonds is 7. The Morgan fingerprint density at radius 1 is 1.15 bits per heavy atom. The van der Waals surface area contributed by atoms with Crippen LogP contribution in [0.1, 0.15) is 43.2 Å². The van der Waals surface area contributed by atoms with E-state index >= 15 is 0 Å². The third-order valence-electron chi connectivity index (χ3n) is 5.49. The van der Waals surface area contributed by atoms with Crippen molar-refractivity contribution in [2.45, 2.75) is 51.3 Å². The first-order valence-corrected chi connectivity index (χ1v) is 9.65. The van der Waals surface area contributed by atoms with Crippen molar-refractivity contribution in [1.82, 2.24) is 15.5 Å². The summed E-state index contributed by atoms with van der Waals surface area (Å²) in [5.41, 5.74) is 2.48. The van der Waals surface area contributed by atoms with Crippen molar-refractivity contribution in [3.8, 4) is 0 Å². The number of carbonyl (C=O) groups is 1.